The molecule has 2 aromatic carbocycles. The van der Waals surface area contributed by atoms with Gasteiger partial charge in [0, 0.05) is 15.6 Å². The topological polar surface area (TPSA) is 45.0 Å². The summed E-state index contributed by atoms with van der Waals surface area (Å²) in [4.78, 5) is 0. The number of halogens is 2. The number of aryl methyl sites for hydroxylation is 1. The van der Waals surface area contributed by atoms with Crippen molar-refractivity contribution in [2.75, 3.05) is 12.4 Å². The third-order valence-electron chi connectivity index (χ3n) is 2.85. The van der Waals surface area contributed by atoms with Crippen LogP contribution in [0.4, 0.5) is 11.4 Å². The van der Waals surface area contributed by atoms with Crippen LogP contribution in [0.1, 0.15) is 11.1 Å². The molecule has 0 amide bonds. The van der Waals surface area contributed by atoms with Crippen molar-refractivity contribution < 1.29 is 4.74 Å². The van der Waals surface area contributed by atoms with Gasteiger partial charge in [-0.25, -0.2) is 0 Å². The highest BCUT2D eigenvalue weighted by Crippen LogP contribution is 2.34. The third kappa shape index (κ3) is 3.06. The van der Waals surface area contributed by atoms with Crippen LogP contribution in [0.15, 0.2) is 34.8 Å². The summed E-state index contributed by atoms with van der Waals surface area (Å²) in [5.74, 6) is 0.632. The van der Waals surface area contributed by atoms with Gasteiger partial charge in [0.1, 0.15) is 11.8 Å². The highest BCUT2D eigenvalue weighted by molar-refractivity contribution is 9.10. The average molecular weight is 352 g/mol. The number of nitrogens with zero attached hydrogens (tertiary/aromatic N) is 1. The van der Waals surface area contributed by atoms with Crippen molar-refractivity contribution >= 4 is 38.9 Å². The van der Waals surface area contributed by atoms with E-state index in [1.165, 1.54) is 0 Å². The van der Waals surface area contributed by atoms with Gasteiger partial charge in [0.25, 0.3) is 0 Å². The Balaban J connectivity index is 2.45. The largest absolute Gasteiger partial charge is 0.495 e. The molecule has 0 saturated heterocycles. The molecule has 2 aromatic rings. The number of nitrogens with one attached hydrogen (secondary N) is 1. The summed E-state index contributed by atoms with van der Waals surface area (Å²) >= 11 is 9.43. The Morgan fingerprint density at radius 1 is 1.25 bits per heavy atom. The Bertz CT molecular complexity index is 695. The quantitative estimate of drug-likeness (QED) is 0.843. The molecule has 0 bridgehead atoms. The SMILES string of the molecule is COc1cc(Cl)c(C)cc1Nc1ccc(Br)cc1C#N. The first-order valence-electron chi connectivity index (χ1n) is 5.86. The zero-order valence-electron chi connectivity index (χ0n) is 11.0. The van der Waals surface area contributed by atoms with Gasteiger partial charge < -0.3 is 10.1 Å². The maximum atomic E-state index is 9.18. The van der Waals surface area contributed by atoms with E-state index in [0.717, 1.165) is 21.4 Å². The van der Waals surface area contributed by atoms with Crippen LogP contribution < -0.4 is 10.1 Å². The average Bonchev–Trinajstić information content (AvgIpc) is 2.44. The lowest BCUT2D eigenvalue weighted by atomic mass is 10.1. The van der Waals surface area contributed by atoms with E-state index in [4.69, 9.17) is 16.3 Å². The molecule has 0 unspecified atom stereocenters. The summed E-state index contributed by atoms with van der Waals surface area (Å²) in [6.07, 6.45) is 0. The smallest absolute Gasteiger partial charge is 0.143 e. The number of anilines is 2. The first-order valence-corrected chi connectivity index (χ1v) is 7.03. The van der Waals surface area contributed by atoms with Gasteiger partial charge in [-0.2, -0.15) is 5.26 Å². The van der Waals surface area contributed by atoms with Crippen LogP contribution in [0.5, 0.6) is 5.75 Å². The lowest BCUT2D eigenvalue weighted by Crippen LogP contribution is -1.98. The standard InChI is InChI=1S/C15H12BrClN2O/c1-9-5-14(15(20-2)7-12(9)17)19-13-4-3-11(16)6-10(13)8-18/h3-7,19H,1-2H3. The van der Waals surface area contributed by atoms with Crippen molar-refractivity contribution in [3.8, 4) is 11.8 Å². The van der Waals surface area contributed by atoms with Crippen molar-refractivity contribution in [2.24, 2.45) is 0 Å². The summed E-state index contributed by atoms with van der Waals surface area (Å²) in [5.41, 5.74) is 2.98. The van der Waals surface area contributed by atoms with Crippen LogP contribution >= 0.6 is 27.5 Å². The molecule has 0 heterocycles. The number of nitriles is 1. The van der Waals surface area contributed by atoms with Crippen molar-refractivity contribution in [1.29, 1.82) is 5.26 Å². The van der Waals surface area contributed by atoms with E-state index in [-0.39, 0.29) is 0 Å². The molecule has 3 nitrogen and oxygen atoms in total. The van der Waals surface area contributed by atoms with Crippen molar-refractivity contribution in [1.82, 2.24) is 0 Å². The predicted octanol–water partition coefficient (Wildman–Crippen LogP) is 5.03. The van der Waals surface area contributed by atoms with E-state index in [0.29, 0.717) is 16.3 Å². The summed E-state index contributed by atoms with van der Waals surface area (Å²) in [6.45, 7) is 1.92. The first-order chi connectivity index (χ1) is 9.55. The molecule has 0 spiro atoms. The molecule has 2 rings (SSSR count). The van der Waals surface area contributed by atoms with E-state index < -0.39 is 0 Å². The van der Waals surface area contributed by atoms with Crippen molar-refractivity contribution in [3.63, 3.8) is 0 Å². The Labute approximate surface area is 131 Å². The predicted molar refractivity (Wildman–Crippen MR) is 84.9 cm³/mol. The highest BCUT2D eigenvalue weighted by atomic mass is 79.9. The number of rotatable bonds is 3. The monoisotopic (exact) mass is 350 g/mol. The molecule has 0 aliphatic rings. The van der Waals surface area contributed by atoms with E-state index in [9.17, 15) is 5.26 Å². The Kier molecular flexibility index (Phi) is 4.53. The van der Waals surface area contributed by atoms with Gasteiger partial charge in [-0.05, 0) is 36.8 Å². The van der Waals surface area contributed by atoms with E-state index in [2.05, 4.69) is 27.3 Å². The number of benzene rings is 2. The zero-order chi connectivity index (χ0) is 14.7. The molecule has 0 saturated carbocycles. The Hall–Kier alpha value is -1.70. The van der Waals surface area contributed by atoms with Gasteiger partial charge in [0.05, 0.1) is 24.0 Å². The Morgan fingerprint density at radius 2 is 2.00 bits per heavy atom. The van der Waals surface area contributed by atoms with E-state index in [1.807, 2.05) is 25.1 Å². The summed E-state index contributed by atoms with van der Waals surface area (Å²) in [7, 11) is 1.58. The van der Waals surface area contributed by atoms with Crippen molar-refractivity contribution in [2.45, 2.75) is 6.92 Å². The molecule has 5 heteroatoms. The summed E-state index contributed by atoms with van der Waals surface area (Å²) < 4.78 is 6.17. The molecule has 0 aliphatic heterocycles. The number of hydrogen-bond donors (Lipinski definition) is 1. The minimum Gasteiger partial charge on any atom is -0.495 e. The molecule has 102 valence electrons. The molecular weight excluding hydrogens is 340 g/mol. The summed E-state index contributed by atoms with van der Waals surface area (Å²) in [6, 6.07) is 11.3. The minimum atomic E-state index is 0.550. The molecule has 0 radical (unpaired) electrons. The van der Waals surface area contributed by atoms with Gasteiger partial charge in [-0.1, -0.05) is 27.5 Å². The van der Waals surface area contributed by atoms with Gasteiger partial charge in [0.15, 0.2) is 0 Å². The van der Waals surface area contributed by atoms with Gasteiger partial charge in [0.2, 0.25) is 0 Å². The molecule has 20 heavy (non-hydrogen) atoms. The second-order valence-electron chi connectivity index (χ2n) is 4.23. The normalized spacial score (nSPS) is 9.95. The van der Waals surface area contributed by atoms with Crippen LogP contribution in [0.25, 0.3) is 0 Å². The molecule has 0 atom stereocenters. The third-order valence-corrected chi connectivity index (χ3v) is 3.75. The van der Waals surface area contributed by atoms with Gasteiger partial charge in [-0.3, -0.25) is 0 Å². The number of ether oxygens (including phenoxy) is 1. The van der Waals surface area contributed by atoms with Gasteiger partial charge >= 0.3 is 0 Å². The van der Waals surface area contributed by atoms with Crippen molar-refractivity contribution in [3.05, 3.63) is 51.0 Å². The maximum absolute atomic E-state index is 9.18. The minimum absolute atomic E-state index is 0.550. The fourth-order valence-corrected chi connectivity index (χ4v) is 2.31. The van der Waals surface area contributed by atoms with Crippen LogP contribution in [-0.2, 0) is 0 Å². The molecule has 0 aromatic heterocycles. The number of methoxy groups -OCH3 is 1. The zero-order valence-corrected chi connectivity index (χ0v) is 13.3. The van der Waals surface area contributed by atoms with E-state index in [1.54, 1.807) is 19.2 Å². The molecule has 0 aliphatic carbocycles. The highest BCUT2D eigenvalue weighted by Gasteiger charge is 2.09. The first kappa shape index (κ1) is 14.7. The fraction of sp³-hybridized carbons (Fsp3) is 0.133. The maximum Gasteiger partial charge on any atom is 0.143 e. The molecule has 0 fully saturated rings. The van der Waals surface area contributed by atoms with Crippen LogP contribution in [0.3, 0.4) is 0 Å². The summed E-state index contributed by atoms with van der Waals surface area (Å²) in [5, 5.41) is 13.0. The second-order valence-corrected chi connectivity index (χ2v) is 5.55. The van der Waals surface area contributed by atoms with Crippen LogP contribution in [0, 0.1) is 18.3 Å². The van der Waals surface area contributed by atoms with Crippen LogP contribution in [0.2, 0.25) is 5.02 Å². The van der Waals surface area contributed by atoms with E-state index >= 15 is 0 Å². The van der Waals surface area contributed by atoms with Gasteiger partial charge in [-0.15, -0.1) is 0 Å². The fourth-order valence-electron chi connectivity index (χ4n) is 1.79. The lowest BCUT2D eigenvalue weighted by Gasteiger charge is -2.14. The molecule has 1 N–H and O–H groups in total. The number of hydrogen-bond acceptors (Lipinski definition) is 3. The Morgan fingerprint density at radius 3 is 2.65 bits per heavy atom. The lowest BCUT2D eigenvalue weighted by molar-refractivity contribution is 0.417. The second kappa shape index (κ2) is 6.17. The molecular formula is C15H12BrClN2O. The van der Waals surface area contributed by atoms with Crippen LogP contribution in [-0.4, -0.2) is 7.11 Å².